The van der Waals surface area contributed by atoms with Crippen molar-refractivity contribution in [2.45, 2.75) is 134 Å². The van der Waals surface area contributed by atoms with Crippen LogP contribution in [0.5, 0.6) is 0 Å². The van der Waals surface area contributed by atoms with Gasteiger partial charge >= 0.3 is 5.97 Å². The molecule has 0 amide bonds. The summed E-state index contributed by atoms with van der Waals surface area (Å²) in [7, 11) is 1.76. The molecule has 5 nitrogen and oxygen atoms in total. The Balaban J connectivity index is 0.000000345. The molecule has 1 unspecified atom stereocenters. The lowest BCUT2D eigenvalue weighted by Crippen LogP contribution is -2.29. The Labute approximate surface area is 289 Å². The van der Waals surface area contributed by atoms with Crippen molar-refractivity contribution in [1.29, 1.82) is 0 Å². The first-order valence-corrected chi connectivity index (χ1v) is 18.4. The third-order valence-corrected chi connectivity index (χ3v) is 9.21. The number of benzene rings is 1. The van der Waals surface area contributed by atoms with Crippen molar-refractivity contribution in [3.05, 3.63) is 83.2 Å². The number of pyridine rings is 1. The van der Waals surface area contributed by atoms with Crippen LogP contribution in [0.15, 0.2) is 65.7 Å². The van der Waals surface area contributed by atoms with E-state index in [1.807, 2.05) is 6.07 Å². The second-order valence-electron chi connectivity index (χ2n) is 12.7. The van der Waals surface area contributed by atoms with Gasteiger partial charge in [0.15, 0.2) is 0 Å². The van der Waals surface area contributed by atoms with Crippen LogP contribution >= 0.6 is 11.8 Å². The topological polar surface area (TPSA) is 65.5 Å². The average molecular weight is 660 g/mol. The van der Waals surface area contributed by atoms with Crippen molar-refractivity contribution in [1.82, 2.24) is 4.98 Å². The monoisotopic (exact) mass is 659 g/mol. The normalized spacial score (nSPS) is 15.0. The maximum absolute atomic E-state index is 11.7. The van der Waals surface area contributed by atoms with Gasteiger partial charge in [-0.05, 0) is 106 Å². The Bertz CT molecular complexity index is 1330. The molecule has 256 valence electrons. The number of carbonyl (C=O) groups is 2. The highest BCUT2D eigenvalue weighted by Gasteiger charge is 2.33. The molecule has 0 spiro atoms. The lowest BCUT2D eigenvalue weighted by atomic mass is 9.80. The van der Waals surface area contributed by atoms with Gasteiger partial charge in [-0.1, -0.05) is 94.9 Å². The number of hydrogen-bond acceptors (Lipinski definition) is 6. The number of nitrogens with zero attached hydrogens (tertiary/aromatic N) is 1. The summed E-state index contributed by atoms with van der Waals surface area (Å²) in [5.41, 5.74) is 3.54. The molecule has 2 heterocycles. The van der Waals surface area contributed by atoms with Crippen molar-refractivity contribution in [3.8, 4) is 11.8 Å². The molecule has 6 heteroatoms. The molecule has 2 aromatic rings. The highest BCUT2D eigenvalue weighted by molar-refractivity contribution is 7.99. The lowest BCUT2D eigenvalue weighted by molar-refractivity contribution is -0.117. The van der Waals surface area contributed by atoms with Crippen LogP contribution in [0.4, 0.5) is 0 Å². The van der Waals surface area contributed by atoms with E-state index in [4.69, 9.17) is 9.47 Å². The molecular formula is C41H57NO4S. The number of rotatable bonds is 17. The number of methoxy groups -OCH3 is 1. The molecule has 0 aliphatic carbocycles. The quantitative estimate of drug-likeness (QED) is 0.0729. The zero-order chi connectivity index (χ0) is 34.3. The molecule has 1 aromatic carbocycles. The molecule has 0 bridgehead atoms. The zero-order valence-electron chi connectivity index (χ0n) is 29.7. The van der Waals surface area contributed by atoms with Gasteiger partial charge in [0.25, 0.3) is 0 Å². The molecule has 1 aliphatic rings. The van der Waals surface area contributed by atoms with Crippen molar-refractivity contribution < 1.29 is 19.1 Å². The second kappa shape index (κ2) is 23.2. The number of hydrogen-bond donors (Lipinski definition) is 0. The number of unbranched alkanes of at least 4 members (excludes halogenated alkanes) is 8. The van der Waals surface area contributed by atoms with Gasteiger partial charge in [0, 0.05) is 30.2 Å². The summed E-state index contributed by atoms with van der Waals surface area (Å²) in [6.07, 6.45) is 26.1. The Morgan fingerprint density at radius 2 is 1.60 bits per heavy atom. The van der Waals surface area contributed by atoms with Crippen molar-refractivity contribution >= 4 is 23.5 Å². The summed E-state index contributed by atoms with van der Waals surface area (Å²) in [4.78, 5) is 27.9. The van der Waals surface area contributed by atoms with Crippen LogP contribution in [-0.2, 0) is 19.7 Å². The molecule has 1 atom stereocenters. The molecule has 1 aliphatic heterocycles. The molecule has 0 fully saturated rings. The first kappa shape index (κ1) is 40.0. The summed E-state index contributed by atoms with van der Waals surface area (Å²) in [6.45, 7) is 10.5. The fourth-order valence-electron chi connectivity index (χ4n) is 5.17. The minimum atomic E-state index is -0.367. The number of carbonyl (C=O) groups excluding carboxylic acids is 2. The maximum Gasteiger partial charge on any atom is 0.339 e. The van der Waals surface area contributed by atoms with Crippen LogP contribution in [-0.4, -0.2) is 35.9 Å². The van der Waals surface area contributed by atoms with E-state index in [1.165, 1.54) is 80.9 Å². The van der Waals surface area contributed by atoms with Crippen LogP contribution in [0.1, 0.15) is 145 Å². The van der Waals surface area contributed by atoms with E-state index < -0.39 is 0 Å². The first-order valence-electron chi connectivity index (χ1n) is 17.5. The second-order valence-corrected chi connectivity index (χ2v) is 13.9. The molecule has 0 saturated carbocycles. The Morgan fingerprint density at radius 3 is 2.23 bits per heavy atom. The van der Waals surface area contributed by atoms with Crippen molar-refractivity contribution in [2.75, 3.05) is 13.7 Å². The van der Waals surface area contributed by atoms with Crippen molar-refractivity contribution in [2.24, 2.45) is 0 Å². The third kappa shape index (κ3) is 16.5. The van der Waals surface area contributed by atoms with Gasteiger partial charge in [-0.3, -0.25) is 0 Å². The van der Waals surface area contributed by atoms with E-state index in [0.29, 0.717) is 23.6 Å². The predicted molar refractivity (Wildman–Crippen MR) is 197 cm³/mol. The summed E-state index contributed by atoms with van der Waals surface area (Å²) in [5, 5.41) is 0. The van der Waals surface area contributed by atoms with E-state index in [-0.39, 0.29) is 16.8 Å². The summed E-state index contributed by atoms with van der Waals surface area (Å²) < 4.78 is 10.5. The van der Waals surface area contributed by atoms with Crippen LogP contribution in [0.25, 0.3) is 0 Å². The number of esters is 1. The van der Waals surface area contributed by atoms with Gasteiger partial charge in [-0.2, -0.15) is 0 Å². The number of Topliss-reactive ketones (excluding diaryl/α,β-unsaturated/α-hetero) is 1. The van der Waals surface area contributed by atoms with E-state index in [0.717, 1.165) is 24.8 Å². The fourth-order valence-corrected chi connectivity index (χ4v) is 6.66. The standard InChI is InChI=1S/C22H23NO3S.C19H34O/c1-5-26-21(24)16-8-10-17(23-14-16)9-6-15-7-11-19-18(12-15)22(2,3)13-20(25-4)27-19;1-3-4-5-6-7-8-9-10-11-12-13-14-15-16-17-18-19(2)20/h7-8,10-12,14,20H,5,13H2,1-4H3;6-7,10-11H,3-5,8-9,12-18H2,1-2H3/b;7-6-,11-10-. The molecule has 0 saturated heterocycles. The number of fused-ring (bicyclic) bond motifs is 1. The predicted octanol–water partition coefficient (Wildman–Crippen LogP) is 10.8. The lowest BCUT2D eigenvalue weighted by Gasteiger charge is -2.36. The summed E-state index contributed by atoms with van der Waals surface area (Å²) >= 11 is 1.76. The molecule has 0 N–H and O–H groups in total. The van der Waals surface area contributed by atoms with Gasteiger partial charge in [0.2, 0.25) is 0 Å². The SMILES string of the molecule is CCCC/C=C\CC/C=C\CCCCCCCC(C)=O.CCOC(=O)c1ccc(C#Cc2ccc3c(c2)C(C)(C)CC(OC)S3)nc1. The van der Waals surface area contributed by atoms with Gasteiger partial charge < -0.3 is 14.3 Å². The molecular weight excluding hydrogens is 603 g/mol. The Morgan fingerprint density at radius 1 is 0.915 bits per heavy atom. The van der Waals surface area contributed by atoms with Crippen LogP contribution in [0, 0.1) is 11.8 Å². The first-order chi connectivity index (χ1) is 22.7. The number of aromatic nitrogens is 1. The van der Waals surface area contributed by atoms with Crippen LogP contribution < -0.4 is 0 Å². The fraction of sp³-hybridized carbons (Fsp3) is 0.537. The van der Waals surface area contributed by atoms with E-state index in [1.54, 1.807) is 44.9 Å². The minimum Gasteiger partial charge on any atom is -0.462 e. The molecule has 47 heavy (non-hydrogen) atoms. The minimum absolute atomic E-state index is 0.0402. The van der Waals surface area contributed by atoms with E-state index >= 15 is 0 Å². The number of allylic oxidation sites excluding steroid dienone is 4. The van der Waals surface area contributed by atoms with Gasteiger partial charge in [0.1, 0.15) is 16.9 Å². The van der Waals surface area contributed by atoms with Crippen molar-refractivity contribution in [3.63, 3.8) is 0 Å². The molecule has 0 radical (unpaired) electrons. The summed E-state index contributed by atoms with van der Waals surface area (Å²) in [6, 6.07) is 9.73. The summed E-state index contributed by atoms with van der Waals surface area (Å²) in [5.74, 6) is 6.21. The van der Waals surface area contributed by atoms with Gasteiger partial charge in [-0.15, -0.1) is 0 Å². The zero-order valence-corrected chi connectivity index (χ0v) is 30.6. The van der Waals surface area contributed by atoms with Gasteiger partial charge in [0.05, 0.1) is 12.2 Å². The highest BCUT2D eigenvalue weighted by Crippen LogP contribution is 2.45. The van der Waals surface area contributed by atoms with Crippen LogP contribution in [0.3, 0.4) is 0 Å². The largest absolute Gasteiger partial charge is 0.462 e. The molecule has 1 aromatic heterocycles. The number of ether oxygens (including phenoxy) is 2. The van der Waals surface area contributed by atoms with E-state index in [9.17, 15) is 9.59 Å². The van der Waals surface area contributed by atoms with Gasteiger partial charge in [-0.25, -0.2) is 9.78 Å². The Kier molecular flexibility index (Phi) is 19.8. The number of thioether (sulfide) groups is 1. The Hall–Kier alpha value is -3.14. The van der Waals surface area contributed by atoms with E-state index in [2.05, 4.69) is 74.0 Å². The third-order valence-electron chi connectivity index (χ3n) is 7.97. The number of ketones is 1. The highest BCUT2D eigenvalue weighted by atomic mass is 32.2. The maximum atomic E-state index is 11.7. The van der Waals surface area contributed by atoms with Crippen LogP contribution in [0.2, 0.25) is 0 Å². The molecule has 3 rings (SSSR count). The average Bonchev–Trinajstić information content (AvgIpc) is 3.06. The smallest absolute Gasteiger partial charge is 0.339 e.